The highest BCUT2D eigenvalue weighted by Crippen LogP contribution is 2.36. The second-order valence-corrected chi connectivity index (χ2v) is 8.28. The zero-order valence-electron chi connectivity index (χ0n) is 15.5. The molecule has 0 N–H and O–H groups in total. The van der Waals surface area contributed by atoms with Crippen LogP contribution in [0.2, 0.25) is 0 Å². The molecule has 1 aliphatic carbocycles. The summed E-state index contributed by atoms with van der Waals surface area (Å²) in [7, 11) is 0. The van der Waals surface area contributed by atoms with Gasteiger partial charge in [-0.25, -0.2) is 19.3 Å². The number of rotatable bonds is 5. The molecule has 9 nitrogen and oxygen atoms in total. The molecule has 4 heterocycles. The summed E-state index contributed by atoms with van der Waals surface area (Å²) in [5.41, 5.74) is -0.0828. The third kappa shape index (κ3) is 3.44. The zero-order chi connectivity index (χ0) is 18.9. The molecule has 2 fully saturated rings. The Morgan fingerprint density at radius 1 is 1.14 bits per heavy atom. The van der Waals surface area contributed by atoms with Crippen molar-refractivity contribution < 1.29 is 0 Å². The van der Waals surface area contributed by atoms with Crippen LogP contribution in [0.5, 0.6) is 0 Å². The maximum atomic E-state index is 12.2. The van der Waals surface area contributed by atoms with Gasteiger partial charge < -0.3 is 4.90 Å². The van der Waals surface area contributed by atoms with E-state index in [9.17, 15) is 4.79 Å². The highest BCUT2D eigenvalue weighted by molar-refractivity contribution is 7.09. The summed E-state index contributed by atoms with van der Waals surface area (Å²) in [5, 5.41) is 9.58. The molecular formula is C18H22N8OS. The van der Waals surface area contributed by atoms with Crippen molar-refractivity contribution in [1.82, 2.24) is 33.9 Å². The lowest BCUT2D eigenvalue weighted by Gasteiger charge is -2.31. The van der Waals surface area contributed by atoms with Gasteiger partial charge in [-0.1, -0.05) is 6.42 Å². The highest BCUT2D eigenvalue weighted by atomic mass is 32.1. The number of hydrogen-bond acceptors (Lipinski definition) is 8. The molecule has 0 unspecified atom stereocenters. The molecule has 0 radical (unpaired) electrons. The van der Waals surface area contributed by atoms with Crippen LogP contribution in [0.15, 0.2) is 29.6 Å². The van der Waals surface area contributed by atoms with Crippen LogP contribution in [0.25, 0.3) is 5.82 Å². The molecular weight excluding hydrogens is 376 g/mol. The molecule has 1 saturated carbocycles. The second kappa shape index (κ2) is 7.42. The first kappa shape index (κ1) is 17.5. The lowest BCUT2D eigenvalue weighted by Crippen LogP contribution is -2.37. The zero-order valence-corrected chi connectivity index (χ0v) is 16.3. The summed E-state index contributed by atoms with van der Waals surface area (Å²) in [5.74, 6) is 2.64. The van der Waals surface area contributed by atoms with Crippen molar-refractivity contribution in [1.29, 1.82) is 0 Å². The molecule has 0 aromatic carbocycles. The topological polar surface area (TPSA) is 94.6 Å². The maximum absolute atomic E-state index is 12.2. The lowest BCUT2D eigenvalue weighted by molar-refractivity contribution is 0.334. The fraction of sp³-hybridized carbons (Fsp3) is 0.556. The Bertz CT molecular complexity index is 985. The Labute approximate surface area is 166 Å². The van der Waals surface area contributed by atoms with Gasteiger partial charge in [-0.05, 0) is 37.7 Å². The van der Waals surface area contributed by atoms with Crippen molar-refractivity contribution in [2.24, 2.45) is 5.92 Å². The van der Waals surface area contributed by atoms with Crippen LogP contribution < -0.4 is 10.5 Å². The Hall–Kier alpha value is -2.62. The third-order valence-corrected chi connectivity index (χ3v) is 6.51. The van der Waals surface area contributed by atoms with Crippen molar-refractivity contribution in [2.75, 3.05) is 18.0 Å². The molecule has 28 heavy (non-hydrogen) atoms. The van der Waals surface area contributed by atoms with Crippen LogP contribution >= 0.6 is 11.5 Å². The number of aromatic nitrogens is 7. The first-order chi connectivity index (χ1) is 13.8. The van der Waals surface area contributed by atoms with Gasteiger partial charge in [0.15, 0.2) is 5.82 Å². The summed E-state index contributed by atoms with van der Waals surface area (Å²) < 4.78 is 7.68. The third-order valence-electron chi connectivity index (χ3n) is 5.72. The molecule has 5 rings (SSSR count). The van der Waals surface area contributed by atoms with Crippen LogP contribution in [0.3, 0.4) is 0 Å². The van der Waals surface area contributed by atoms with Crippen molar-refractivity contribution in [3.8, 4) is 5.82 Å². The minimum atomic E-state index is -0.0828. The predicted molar refractivity (Wildman–Crippen MR) is 105 cm³/mol. The maximum Gasteiger partial charge on any atom is 0.266 e. The largest absolute Gasteiger partial charge is 0.347 e. The van der Waals surface area contributed by atoms with Gasteiger partial charge in [0.2, 0.25) is 5.13 Å². The number of hydrogen-bond donors (Lipinski definition) is 0. The molecule has 3 aromatic heterocycles. The van der Waals surface area contributed by atoms with E-state index in [1.165, 1.54) is 37.1 Å². The fourth-order valence-electron chi connectivity index (χ4n) is 3.76. The lowest BCUT2D eigenvalue weighted by atomic mass is 9.85. The van der Waals surface area contributed by atoms with Crippen LogP contribution in [0.4, 0.5) is 5.13 Å². The molecule has 146 valence electrons. The van der Waals surface area contributed by atoms with Crippen LogP contribution in [0.1, 0.15) is 43.8 Å². The van der Waals surface area contributed by atoms with E-state index in [4.69, 9.17) is 4.98 Å². The smallest absolute Gasteiger partial charge is 0.266 e. The molecule has 1 aliphatic heterocycles. The van der Waals surface area contributed by atoms with E-state index in [1.807, 2.05) is 0 Å². The SMILES string of the molecule is O=c1ccc(-n2cncn2)nn1CC1CCN(c2nc(C3CCC3)ns2)CC1. The van der Waals surface area contributed by atoms with E-state index in [-0.39, 0.29) is 5.56 Å². The first-order valence-electron chi connectivity index (χ1n) is 9.78. The average Bonchev–Trinajstić information content (AvgIpc) is 3.35. The molecule has 0 spiro atoms. The summed E-state index contributed by atoms with van der Waals surface area (Å²) in [6.07, 6.45) is 8.82. The monoisotopic (exact) mass is 398 g/mol. The Morgan fingerprint density at radius 3 is 2.71 bits per heavy atom. The van der Waals surface area contributed by atoms with Crippen molar-refractivity contribution >= 4 is 16.7 Å². The first-order valence-corrected chi connectivity index (χ1v) is 10.6. The van der Waals surface area contributed by atoms with Crippen molar-refractivity contribution in [3.63, 3.8) is 0 Å². The molecule has 0 atom stereocenters. The van der Waals surface area contributed by atoms with Crippen LogP contribution in [0, 0.1) is 5.92 Å². The van der Waals surface area contributed by atoms with Gasteiger partial charge in [0.25, 0.3) is 5.56 Å². The molecule has 0 bridgehead atoms. The second-order valence-electron chi connectivity index (χ2n) is 7.55. The van der Waals surface area contributed by atoms with Crippen molar-refractivity contribution in [2.45, 2.75) is 44.6 Å². The fourth-order valence-corrected chi connectivity index (χ4v) is 4.55. The van der Waals surface area contributed by atoms with E-state index >= 15 is 0 Å². The van der Waals surface area contributed by atoms with Gasteiger partial charge in [-0.3, -0.25) is 4.79 Å². The minimum absolute atomic E-state index is 0.0828. The molecule has 2 aliphatic rings. The van der Waals surface area contributed by atoms with E-state index in [1.54, 1.807) is 27.8 Å². The van der Waals surface area contributed by atoms with E-state index in [0.29, 0.717) is 24.2 Å². The van der Waals surface area contributed by atoms with E-state index in [0.717, 1.165) is 36.9 Å². The average molecular weight is 398 g/mol. The Morgan fingerprint density at radius 2 is 2.00 bits per heavy atom. The number of anilines is 1. The number of piperidine rings is 1. The normalized spacial score (nSPS) is 18.4. The van der Waals surface area contributed by atoms with Gasteiger partial charge in [-0.2, -0.15) is 9.47 Å². The Kier molecular flexibility index (Phi) is 4.63. The van der Waals surface area contributed by atoms with Gasteiger partial charge >= 0.3 is 0 Å². The van der Waals surface area contributed by atoms with Gasteiger partial charge in [0, 0.05) is 43.2 Å². The highest BCUT2D eigenvalue weighted by Gasteiger charge is 2.27. The summed E-state index contributed by atoms with van der Waals surface area (Å²) in [6.45, 7) is 2.52. The molecule has 0 amide bonds. The van der Waals surface area contributed by atoms with Gasteiger partial charge in [0.05, 0.1) is 0 Å². The van der Waals surface area contributed by atoms with Crippen LogP contribution in [-0.2, 0) is 6.54 Å². The van der Waals surface area contributed by atoms with Gasteiger partial charge in [0.1, 0.15) is 18.5 Å². The Balaban J connectivity index is 1.22. The summed E-state index contributed by atoms with van der Waals surface area (Å²) in [6, 6.07) is 3.22. The van der Waals surface area contributed by atoms with Crippen molar-refractivity contribution in [3.05, 3.63) is 41.0 Å². The van der Waals surface area contributed by atoms with Crippen LogP contribution in [-0.4, -0.2) is 47.0 Å². The molecule has 1 saturated heterocycles. The summed E-state index contributed by atoms with van der Waals surface area (Å²) >= 11 is 1.52. The molecule has 10 heteroatoms. The molecule has 3 aromatic rings. The van der Waals surface area contributed by atoms with E-state index < -0.39 is 0 Å². The minimum Gasteiger partial charge on any atom is -0.347 e. The quantitative estimate of drug-likeness (QED) is 0.647. The predicted octanol–water partition coefficient (Wildman–Crippen LogP) is 1.86. The standard InChI is InChI=1S/C18H22N8OS/c27-16-5-4-15(26-12-19-11-20-26)22-25(16)10-13-6-8-24(9-7-13)18-21-17(23-28-18)14-2-1-3-14/h4-5,11-14H,1-3,6-10H2. The van der Waals surface area contributed by atoms with E-state index in [2.05, 4.69) is 24.5 Å². The van der Waals surface area contributed by atoms with Gasteiger partial charge in [-0.15, -0.1) is 5.10 Å². The summed E-state index contributed by atoms with van der Waals surface area (Å²) in [4.78, 5) is 23.3. The number of nitrogens with zero attached hydrogens (tertiary/aromatic N) is 8.